The van der Waals surface area contributed by atoms with E-state index in [0.717, 1.165) is 23.7 Å². The van der Waals surface area contributed by atoms with Gasteiger partial charge in [0.25, 0.3) is 0 Å². The molecule has 0 heterocycles. The second kappa shape index (κ2) is 8.16. The summed E-state index contributed by atoms with van der Waals surface area (Å²) in [4.78, 5) is 12.0. The zero-order chi connectivity index (χ0) is 14.6. The van der Waals surface area contributed by atoms with Crippen LogP contribution in [0.4, 0.5) is 0 Å². The minimum Gasteiger partial charge on any atom is -0.349 e. The molecule has 1 aliphatic rings. The van der Waals surface area contributed by atoms with E-state index in [1.165, 1.54) is 24.8 Å². The summed E-state index contributed by atoms with van der Waals surface area (Å²) in [6.07, 6.45) is 6.59. The fourth-order valence-corrected chi connectivity index (χ4v) is 3.21. The first kappa shape index (κ1) is 18.5. The van der Waals surface area contributed by atoms with E-state index in [2.05, 4.69) is 45.5 Å². The number of halogens is 2. The number of amides is 1. The van der Waals surface area contributed by atoms with Crippen molar-refractivity contribution >= 4 is 34.2 Å². The third kappa shape index (κ3) is 5.28. The summed E-state index contributed by atoms with van der Waals surface area (Å²) in [5, 5.41) is 3.22. The largest absolute Gasteiger partial charge is 0.349 e. The predicted molar refractivity (Wildman–Crippen MR) is 92.7 cm³/mol. The lowest BCUT2D eigenvalue weighted by Gasteiger charge is -2.39. The minimum atomic E-state index is -0.446. The van der Waals surface area contributed by atoms with Gasteiger partial charge in [0.1, 0.15) is 0 Å². The van der Waals surface area contributed by atoms with Crippen LogP contribution in [0.3, 0.4) is 0 Å². The van der Waals surface area contributed by atoms with Crippen LogP contribution in [-0.4, -0.2) is 17.5 Å². The molecule has 5 heteroatoms. The first-order valence-corrected chi connectivity index (χ1v) is 8.12. The number of carbonyl (C=O) groups is 1. The lowest BCUT2D eigenvalue weighted by Crippen LogP contribution is -2.55. The Morgan fingerprint density at radius 3 is 2.38 bits per heavy atom. The molecule has 0 unspecified atom stereocenters. The Kier molecular flexibility index (Phi) is 7.17. The van der Waals surface area contributed by atoms with E-state index < -0.39 is 6.04 Å². The molecule has 1 aromatic carbocycles. The molecule has 1 aliphatic carbocycles. The molecule has 0 saturated heterocycles. The molecule has 0 aromatic heterocycles. The van der Waals surface area contributed by atoms with Crippen molar-refractivity contribution in [3.05, 3.63) is 34.3 Å². The highest BCUT2D eigenvalue weighted by atomic mass is 79.9. The van der Waals surface area contributed by atoms with Gasteiger partial charge in [-0.3, -0.25) is 4.79 Å². The molecule has 0 radical (unpaired) electrons. The molecular formula is C16H24BrClN2O. The number of rotatable bonds is 4. The summed E-state index contributed by atoms with van der Waals surface area (Å²) >= 11 is 3.46. The van der Waals surface area contributed by atoms with Gasteiger partial charge in [-0.15, -0.1) is 12.4 Å². The molecule has 3 N–H and O–H groups in total. The molecular weight excluding hydrogens is 352 g/mol. The van der Waals surface area contributed by atoms with E-state index in [-0.39, 0.29) is 23.9 Å². The molecule has 1 aromatic rings. The van der Waals surface area contributed by atoms with Crippen molar-refractivity contribution < 1.29 is 4.79 Å². The zero-order valence-electron chi connectivity index (χ0n) is 12.4. The molecule has 0 aliphatic heterocycles. The zero-order valence-corrected chi connectivity index (χ0v) is 14.8. The summed E-state index contributed by atoms with van der Waals surface area (Å²) in [7, 11) is 0. The number of nitrogens with two attached hydrogens (primary N) is 1. The number of carbonyl (C=O) groups excluding carboxylic acids is 1. The third-order valence-electron chi connectivity index (χ3n) is 4.07. The van der Waals surface area contributed by atoms with Gasteiger partial charge in [0.2, 0.25) is 5.91 Å². The highest BCUT2D eigenvalue weighted by Gasteiger charge is 2.34. The lowest BCUT2D eigenvalue weighted by molar-refractivity contribution is -0.124. The number of hydrogen-bond acceptors (Lipinski definition) is 2. The Morgan fingerprint density at radius 1 is 1.29 bits per heavy atom. The third-order valence-corrected chi connectivity index (χ3v) is 4.60. The summed E-state index contributed by atoms with van der Waals surface area (Å²) in [5.74, 6) is -0.0380. The van der Waals surface area contributed by atoms with Gasteiger partial charge in [0.05, 0.1) is 6.04 Å². The number of hydrogen-bond donors (Lipinski definition) is 2. The van der Waals surface area contributed by atoms with Gasteiger partial charge in [-0.05, 0) is 43.9 Å². The average molecular weight is 376 g/mol. The van der Waals surface area contributed by atoms with Crippen molar-refractivity contribution in [1.82, 2.24) is 5.32 Å². The van der Waals surface area contributed by atoms with Crippen molar-refractivity contribution in [2.24, 2.45) is 5.73 Å². The Bertz CT molecular complexity index is 456. The first-order chi connectivity index (χ1) is 9.51. The molecule has 1 saturated carbocycles. The van der Waals surface area contributed by atoms with Crippen LogP contribution in [-0.2, 0) is 11.2 Å². The van der Waals surface area contributed by atoms with Crippen LogP contribution in [0.2, 0.25) is 0 Å². The van der Waals surface area contributed by atoms with Crippen LogP contribution >= 0.6 is 28.3 Å². The second-order valence-corrected chi connectivity index (χ2v) is 6.84. The molecule has 1 amide bonds. The summed E-state index contributed by atoms with van der Waals surface area (Å²) in [5.41, 5.74) is 6.86. The van der Waals surface area contributed by atoms with Crippen LogP contribution in [0.5, 0.6) is 0 Å². The van der Waals surface area contributed by atoms with Crippen molar-refractivity contribution in [3.8, 4) is 0 Å². The average Bonchev–Trinajstić information content (AvgIpc) is 2.42. The van der Waals surface area contributed by atoms with Gasteiger partial charge in [-0.25, -0.2) is 0 Å². The SMILES string of the molecule is C[C@H](N)C(=O)NC1(Cc2ccc(Br)cc2)CCCCC1.Cl. The second-order valence-electron chi connectivity index (χ2n) is 5.92. The van der Waals surface area contributed by atoms with Crippen LogP contribution in [0.1, 0.15) is 44.6 Å². The van der Waals surface area contributed by atoms with E-state index in [1.54, 1.807) is 6.92 Å². The summed E-state index contributed by atoms with van der Waals surface area (Å²) in [6, 6.07) is 7.91. The first-order valence-electron chi connectivity index (χ1n) is 7.33. The highest BCUT2D eigenvalue weighted by Crippen LogP contribution is 2.31. The molecule has 21 heavy (non-hydrogen) atoms. The van der Waals surface area contributed by atoms with Gasteiger partial charge in [-0.1, -0.05) is 47.3 Å². The minimum absolute atomic E-state index is 0. The number of benzene rings is 1. The Hall–Kier alpha value is -0.580. The fourth-order valence-electron chi connectivity index (χ4n) is 2.94. The lowest BCUT2D eigenvalue weighted by atomic mass is 9.77. The molecule has 1 atom stereocenters. The van der Waals surface area contributed by atoms with Gasteiger partial charge < -0.3 is 11.1 Å². The van der Waals surface area contributed by atoms with Gasteiger partial charge in [0, 0.05) is 10.0 Å². The van der Waals surface area contributed by atoms with Gasteiger partial charge >= 0.3 is 0 Å². The Balaban J connectivity index is 0.00000220. The van der Waals surface area contributed by atoms with Crippen LogP contribution in [0.15, 0.2) is 28.7 Å². The van der Waals surface area contributed by atoms with E-state index in [9.17, 15) is 4.79 Å². The predicted octanol–water partition coefficient (Wildman–Crippen LogP) is 3.58. The smallest absolute Gasteiger partial charge is 0.237 e. The fraction of sp³-hybridized carbons (Fsp3) is 0.562. The molecule has 2 rings (SSSR count). The van der Waals surface area contributed by atoms with Crippen LogP contribution < -0.4 is 11.1 Å². The molecule has 3 nitrogen and oxygen atoms in total. The number of nitrogens with one attached hydrogen (secondary N) is 1. The molecule has 0 spiro atoms. The van der Waals surface area contributed by atoms with Crippen LogP contribution in [0, 0.1) is 0 Å². The van der Waals surface area contributed by atoms with E-state index in [4.69, 9.17) is 5.73 Å². The standard InChI is InChI=1S/C16H23BrN2O.ClH/c1-12(18)15(20)19-16(9-3-2-4-10-16)11-13-5-7-14(17)8-6-13;/h5-8,12H,2-4,9-11,18H2,1H3,(H,19,20);1H/t12-;/m0./s1. The Labute approximate surface area is 141 Å². The van der Waals surface area contributed by atoms with Crippen molar-refractivity contribution in [1.29, 1.82) is 0 Å². The molecule has 0 bridgehead atoms. The van der Waals surface area contributed by atoms with E-state index in [1.807, 2.05) is 0 Å². The summed E-state index contributed by atoms with van der Waals surface area (Å²) in [6.45, 7) is 1.74. The summed E-state index contributed by atoms with van der Waals surface area (Å²) < 4.78 is 1.08. The maximum absolute atomic E-state index is 12.0. The van der Waals surface area contributed by atoms with Crippen LogP contribution in [0.25, 0.3) is 0 Å². The maximum Gasteiger partial charge on any atom is 0.237 e. The van der Waals surface area contributed by atoms with E-state index in [0.29, 0.717) is 0 Å². The topological polar surface area (TPSA) is 55.1 Å². The Morgan fingerprint density at radius 2 is 1.86 bits per heavy atom. The van der Waals surface area contributed by atoms with Crippen molar-refractivity contribution in [2.45, 2.75) is 57.0 Å². The quantitative estimate of drug-likeness (QED) is 0.845. The normalized spacial score (nSPS) is 18.4. The monoisotopic (exact) mass is 374 g/mol. The van der Waals surface area contributed by atoms with Crippen molar-refractivity contribution in [2.75, 3.05) is 0 Å². The molecule has 1 fully saturated rings. The van der Waals surface area contributed by atoms with Gasteiger partial charge in [0.15, 0.2) is 0 Å². The molecule has 118 valence electrons. The maximum atomic E-state index is 12.0. The van der Waals surface area contributed by atoms with E-state index >= 15 is 0 Å². The van der Waals surface area contributed by atoms with Gasteiger partial charge in [-0.2, -0.15) is 0 Å². The van der Waals surface area contributed by atoms with Crippen molar-refractivity contribution in [3.63, 3.8) is 0 Å². The highest BCUT2D eigenvalue weighted by molar-refractivity contribution is 9.10.